The van der Waals surface area contributed by atoms with Crippen LogP contribution >= 0.6 is 0 Å². The summed E-state index contributed by atoms with van der Waals surface area (Å²) in [4.78, 5) is 23.6. The van der Waals surface area contributed by atoms with Gasteiger partial charge in [0.05, 0.1) is 0 Å². The summed E-state index contributed by atoms with van der Waals surface area (Å²) in [5, 5.41) is 9.51. The van der Waals surface area contributed by atoms with Crippen LogP contribution in [0.15, 0.2) is 42.7 Å². The second-order valence-electron chi connectivity index (χ2n) is 4.71. The summed E-state index contributed by atoms with van der Waals surface area (Å²) >= 11 is 0. The summed E-state index contributed by atoms with van der Waals surface area (Å²) in [5.41, 5.74) is 1.19. The van der Waals surface area contributed by atoms with Crippen molar-refractivity contribution >= 4 is 23.2 Å². The Labute approximate surface area is 128 Å². The molecule has 22 heavy (non-hydrogen) atoms. The van der Waals surface area contributed by atoms with Crippen molar-refractivity contribution in [2.75, 3.05) is 24.4 Å². The first-order chi connectivity index (χ1) is 10.6. The average molecular weight is 302 g/mol. The Balaban J connectivity index is 2.00. The molecule has 7 nitrogen and oxygen atoms in total. The van der Waals surface area contributed by atoms with Crippen LogP contribution < -0.4 is 10.6 Å². The van der Waals surface area contributed by atoms with Gasteiger partial charge in [-0.2, -0.15) is 5.10 Å². The molecule has 1 aromatic heterocycles. The Morgan fingerprint density at radius 1 is 1.27 bits per heavy atom. The molecule has 1 aromatic carbocycles. The van der Waals surface area contributed by atoms with Crippen LogP contribution in [0.3, 0.4) is 0 Å². The quantitative estimate of drug-likeness (QED) is 0.850. The number of methoxy groups -OCH3 is 1. The van der Waals surface area contributed by atoms with Gasteiger partial charge in [-0.3, -0.25) is 14.3 Å². The number of nitrogens with one attached hydrogen (secondary N) is 2. The standard InChI is InChI=1S/C15H18N4O3/c1-11(19-8-4-7-16-19)15(21)18-13-6-3-5-12(9-13)17-14(20)10-22-2/h3-9,11H,10H2,1-2H3,(H,17,20)(H,18,21). The normalized spacial score (nSPS) is 11.7. The van der Waals surface area contributed by atoms with Crippen molar-refractivity contribution in [3.8, 4) is 0 Å². The molecule has 2 rings (SSSR count). The number of rotatable bonds is 6. The third-order valence-corrected chi connectivity index (χ3v) is 2.99. The van der Waals surface area contributed by atoms with Crippen molar-refractivity contribution in [1.29, 1.82) is 0 Å². The maximum Gasteiger partial charge on any atom is 0.250 e. The van der Waals surface area contributed by atoms with E-state index in [1.807, 2.05) is 0 Å². The van der Waals surface area contributed by atoms with Crippen LogP contribution in [0, 0.1) is 0 Å². The van der Waals surface area contributed by atoms with E-state index in [1.165, 1.54) is 7.11 Å². The molecule has 2 amide bonds. The predicted molar refractivity (Wildman–Crippen MR) is 82.5 cm³/mol. The second kappa shape index (κ2) is 7.37. The van der Waals surface area contributed by atoms with Crippen LogP contribution in [0.25, 0.3) is 0 Å². The number of hydrogen-bond donors (Lipinski definition) is 2. The monoisotopic (exact) mass is 302 g/mol. The average Bonchev–Trinajstić information content (AvgIpc) is 3.01. The molecule has 2 aromatic rings. The van der Waals surface area contributed by atoms with Gasteiger partial charge in [-0.25, -0.2) is 0 Å². The van der Waals surface area contributed by atoms with E-state index in [1.54, 1.807) is 54.3 Å². The SMILES string of the molecule is COCC(=O)Nc1cccc(NC(=O)C(C)n2cccn2)c1. The molecular formula is C15H18N4O3. The molecule has 0 saturated carbocycles. The van der Waals surface area contributed by atoms with E-state index in [0.717, 1.165) is 0 Å². The molecule has 7 heteroatoms. The fourth-order valence-electron chi connectivity index (χ4n) is 1.88. The maximum absolute atomic E-state index is 12.2. The largest absolute Gasteiger partial charge is 0.375 e. The second-order valence-corrected chi connectivity index (χ2v) is 4.71. The summed E-state index contributed by atoms with van der Waals surface area (Å²) in [6, 6.07) is 8.25. The van der Waals surface area contributed by atoms with E-state index in [4.69, 9.17) is 4.74 Å². The minimum absolute atomic E-state index is 0.0209. The highest BCUT2D eigenvalue weighted by atomic mass is 16.5. The van der Waals surface area contributed by atoms with Gasteiger partial charge < -0.3 is 15.4 Å². The summed E-state index contributed by atoms with van der Waals surface area (Å²) in [6.45, 7) is 1.74. The highest BCUT2D eigenvalue weighted by Gasteiger charge is 2.15. The number of aromatic nitrogens is 2. The van der Waals surface area contributed by atoms with Crippen molar-refractivity contribution in [3.05, 3.63) is 42.7 Å². The smallest absolute Gasteiger partial charge is 0.250 e. The Kier molecular flexibility index (Phi) is 5.26. The van der Waals surface area contributed by atoms with Crippen LogP contribution in [0.1, 0.15) is 13.0 Å². The fourth-order valence-corrected chi connectivity index (χ4v) is 1.88. The molecule has 2 N–H and O–H groups in total. The maximum atomic E-state index is 12.2. The lowest BCUT2D eigenvalue weighted by atomic mass is 10.2. The highest BCUT2D eigenvalue weighted by molar-refractivity contribution is 5.95. The zero-order valence-electron chi connectivity index (χ0n) is 12.4. The summed E-state index contributed by atoms with van der Waals surface area (Å²) < 4.78 is 6.32. The van der Waals surface area contributed by atoms with E-state index < -0.39 is 6.04 Å². The van der Waals surface area contributed by atoms with Crippen molar-refractivity contribution in [3.63, 3.8) is 0 Å². The molecule has 0 bridgehead atoms. The third-order valence-electron chi connectivity index (χ3n) is 2.99. The Morgan fingerprint density at radius 3 is 2.64 bits per heavy atom. The number of nitrogens with zero attached hydrogens (tertiary/aromatic N) is 2. The van der Waals surface area contributed by atoms with Crippen molar-refractivity contribution in [1.82, 2.24) is 9.78 Å². The number of ether oxygens (including phenoxy) is 1. The lowest BCUT2D eigenvalue weighted by Gasteiger charge is -2.13. The first kappa shape index (κ1) is 15.7. The summed E-state index contributed by atoms with van der Waals surface area (Å²) in [5.74, 6) is -0.444. The molecule has 0 fully saturated rings. The van der Waals surface area contributed by atoms with Crippen LogP contribution in [0.4, 0.5) is 11.4 Å². The van der Waals surface area contributed by atoms with Gasteiger partial charge in [0, 0.05) is 30.9 Å². The van der Waals surface area contributed by atoms with Gasteiger partial charge in [-0.1, -0.05) is 6.07 Å². The van der Waals surface area contributed by atoms with Crippen molar-refractivity contribution < 1.29 is 14.3 Å². The zero-order valence-corrected chi connectivity index (χ0v) is 12.4. The third kappa shape index (κ3) is 4.16. The van der Waals surface area contributed by atoms with E-state index in [9.17, 15) is 9.59 Å². The molecule has 0 spiro atoms. The van der Waals surface area contributed by atoms with E-state index in [2.05, 4.69) is 15.7 Å². The van der Waals surface area contributed by atoms with Crippen LogP contribution in [-0.2, 0) is 14.3 Å². The van der Waals surface area contributed by atoms with Gasteiger partial charge in [0.2, 0.25) is 11.8 Å². The van der Waals surface area contributed by atoms with E-state index >= 15 is 0 Å². The number of hydrogen-bond acceptors (Lipinski definition) is 4. The molecule has 1 unspecified atom stereocenters. The number of carbonyl (C=O) groups is 2. The Hall–Kier alpha value is -2.67. The van der Waals surface area contributed by atoms with Gasteiger partial charge in [0.15, 0.2) is 0 Å². The molecule has 0 saturated heterocycles. The topological polar surface area (TPSA) is 85.3 Å². The van der Waals surface area contributed by atoms with Gasteiger partial charge in [-0.15, -0.1) is 0 Å². The molecule has 1 heterocycles. The summed E-state index contributed by atoms with van der Waals surface area (Å²) in [7, 11) is 1.45. The lowest BCUT2D eigenvalue weighted by Crippen LogP contribution is -2.24. The molecule has 0 aliphatic heterocycles. The van der Waals surface area contributed by atoms with E-state index in [-0.39, 0.29) is 18.4 Å². The summed E-state index contributed by atoms with van der Waals surface area (Å²) in [6.07, 6.45) is 3.35. The highest BCUT2D eigenvalue weighted by Crippen LogP contribution is 2.16. The Bertz CT molecular complexity index is 640. The first-order valence-electron chi connectivity index (χ1n) is 6.79. The van der Waals surface area contributed by atoms with Crippen LogP contribution in [0.2, 0.25) is 0 Å². The lowest BCUT2D eigenvalue weighted by molar-refractivity contribution is -0.120. The molecular weight excluding hydrogens is 284 g/mol. The van der Waals surface area contributed by atoms with Gasteiger partial charge >= 0.3 is 0 Å². The molecule has 1 atom stereocenters. The van der Waals surface area contributed by atoms with Crippen LogP contribution in [0.5, 0.6) is 0 Å². The molecule has 0 aliphatic carbocycles. The Morgan fingerprint density at radius 2 is 2.00 bits per heavy atom. The minimum atomic E-state index is -0.429. The van der Waals surface area contributed by atoms with Gasteiger partial charge in [0.1, 0.15) is 12.6 Å². The van der Waals surface area contributed by atoms with Gasteiger partial charge in [0.25, 0.3) is 0 Å². The fraction of sp³-hybridized carbons (Fsp3) is 0.267. The number of amides is 2. The van der Waals surface area contributed by atoms with Gasteiger partial charge in [-0.05, 0) is 31.2 Å². The minimum Gasteiger partial charge on any atom is -0.375 e. The zero-order chi connectivity index (χ0) is 15.9. The number of carbonyl (C=O) groups excluding carboxylic acids is 2. The first-order valence-corrected chi connectivity index (χ1v) is 6.79. The van der Waals surface area contributed by atoms with Crippen molar-refractivity contribution in [2.24, 2.45) is 0 Å². The van der Waals surface area contributed by atoms with Crippen molar-refractivity contribution in [2.45, 2.75) is 13.0 Å². The number of anilines is 2. The van der Waals surface area contributed by atoms with E-state index in [0.29, 0.717) is 11.4 Å². The predicted octanol–water partition coefficient (Wildman–Crippen LogP) is 1.67. The number of benzene rings is 1. The van der Waals surface area contributed by atoms with Crippen LogP contribution in [-0.4, -0.2) is 35.3 Å². The molecule has 116 valence electrons. The molecule has 0 radical (unpaired) electrons. The molecule has 0 aliphatic rings.